The minimum absolute atomic E-state index is 0.208. The zero-order valence-corrected chi connectivity index (χ0v) is 12.5. The molecule has 1 atom stereocenters. The van der Waals surface area contributed by atoms with Gasteiger partial charge in [-0.2, -0.15) is 0 Å². The predicted octanol–water partition coefficient (Wildman–Crippen LogP) is 1.44. The second-order valence-electron chi connectivity index (χ2n) is 4.50. The molecule has 1 fully saturated rings. The van der Waals surface area contributed by atoms with Crippen molar-refractivity contribution in [3.8, 4) is 5.75 Å². The fourth-order valence-corrected chi connectivity index (χ4v) is 3.32. The van der Waals surface area contributed by atoms with Crippen LogP contribution < -0.4 is 0 Å². The molecule has 2 rings (SSSR count). The van der Waals surface area contributed by atoms with Crippen molar-refractivity contribution >= 4 is 22.6 Å². The molecular formula is C13H19IN2O2. The van der Waals surface area contributed by atoms with Crippen LogP contribution in [-0.2, 0) is 0 Å². The van der Waals surface area contributed by atoms with Crippen LogP contribution in [0.1, 0.15) is 9.61 Å². The summed E-state index contributed by atoms with van der Waals surface area (Å²) in [6.07, 6.45) is 0. The number of phenols is 1. The van der Waals surface area contributed by atoms with Crippen LogP contribution in [0.5, 0.6) is 5.75 Å². The van der Waals surface area contributed by atoms with Gasteiger partial charge in [-0.05, 0) is 6.07 Å². The molecule has 1 aromatic rings. The number of rotatable bonds is 4. The summed E-state index contributed by atoms with van der Waals surface area (Å²) >= 11 is 2.38. The first-order chi connectivity index (χ1) is 8.72. The minimum atomic E-state index is 0.208. The lowest BCUT2D eigenvalue weighted by molar-refractivity contribution is 0.109. The highest BCUT2D eigenvalue weighted by atomic mass is 127. The van der Waals surface area contributed by atoms with Crippen molar-refractivity contribution in [3.05, 3.63) is 29.8 Å². The molecule has 0 saturated carbocycles. The molecule has 4 nitrogen and oxygen atoms in total. The molecule has 100 valence electrons. The van der Waals surface area contributed by atoms with Crippen molar-refractivity contribution in [2.24, 2.45) is 0 Å². The Bertz CT molecular complexity index is 381. The highest BCUT2D eigenvalue weighted by Gasteiger charge is 2.24. The fraction of sp³-hybridized carbons (Fsp3) is 0.538. The summed E-state index contributed by atoms with van der Waals surface area (Å²) in [5.74, 6) is 0.370. The van der Waals surface area contributed by atoms with Gasteiger partial charge in [0.15, 0.2) is 0 Å². The van der Waals surface area contributed by atoms with E-state index < -0.39 is 0 Å². The molecule has 0 aromatic heterocycles. The number of nitrogens with zero attached hydrogens (tertiary/aromatic N) is 2. The van der Waals surface area contributed by atoms with E-state index in [1.54, 1.807) is 6.07 Å². The maximum absolute atomic E-state index is 9.87. The van der Waals surface area contributed by atoms with E-state index in [2.05, 4.69) is 32.4 Å². The topological polar surface area (TPSA) is 46.9 Å². The Labute approximate surface area is 121 Å². The number of alkyl halides is 1. The van der Waals surface area contributed by atoms with Crippen LogP contribution in [0.4, 0.5) is 0 Å². The van der Waals surface area contributed by atoms with Gasteiger partial charge >= 0.3 is 0 Å². The normalized spacial score (nSPS) is 19.9. The van der Waals surface area contributed by atoms with Crippen molar-refractivity contribution in [1.29, 1.82) is 0 Å². The van der Waals surface area contributed by atoms with Gasteiger partial charge in [0.25, 0.3) is 0 Å². The molecule has 0 spiro atoms. The quantitative estimate of drug-likeness (QED) is 0.484. The monoisotopic (exact) mass is 362 g/mol. The van der Waals surface area contributed by atoms with Crippen molar-refractivity contribution in [1.82, 2.24) is 9.80 Å². The molecule has 0 bridgehead atoms. The summed E-state index contributed by atoms with van der Waals surface area (Å²) in [7, 11) is 0. The Hall–Kier alpha value is -0.370. The van der Waals surface area contributed by atoms with E-state index in [0.29, 0.717) is 5.75 Å². The third kappa shape index (κ3) is 3.34. The molecule has 1 unspecified atom stereocenters. The highest BCUT2D eigenvalue weighted by molar-refractivity contribution is 14.1. The standard InChI is InChI=1S/C13H19IN2O2/c14-13(11-3-1-2-4-12(11)18)16-7-5-15(6-8-16)9-10-17/h1-4,13,17-18H,5-10H2. The molecular weight excluding hydrogens is 343 g/mol. The zero-order chi connectivity index (χ0) is 13.0. The molecule has 0 radical (unpaired) electrons. The summed E-state index contributed by atoms with van der Waals surface area (Å²) in [5.41, 5.74) is 0.980. The lowest BCUT2D eigenvalue weighted by atomic mass is 10.1. The van der Waals surface area contributed by atoms with E-state index in [4.69, 9.17) is 5.11 Å². The number of aliphatic hydroxyl groups is 1. The number of aromatic hydroxyl groups is 1. The van der Waals surface area contributed by atoms with Gasteiger partial charge in [-0.1, -0.05) is 40.8 Å². The highest BCUT2D eigenvalue weighted by Crippen LogP contribution is 2.33. The summed E-state index contributed by atoms with van der Waals surface area (Å²) in [5, 5.41) is 18.8. The second kappa shape index (κ2) is 6.70. The maximum Gasteiger partial charge on any atom is 0.121 e. The minimum Gasteiger partial charge on any atom is -0.508 e. The van der Waals surface area contributed by atoms with Crippen LogP contribution in [0.2, 0.25) is 0 Å². The molecule has 18 heavy (non-hydrogen) atoms. The van der Waals surface area contributed by atoms with Gasteiger partial charge in [-0.3, -0.25) is 9.80 Å². The number of β-amino-alcohol motifs (C(OH)–C–C–N with tert-alkyl or cyclic N) is 1. The van der Waals surface area contributed by atoms with Crippen LogP contribution in [-0.4, -0.2) is 59.3 Å². The van der Waals surface area contributed by atoms with E-state index in [1.165, 1.54) is 0 Å². The Morgan fingerprint density at radius 2 is 1.83 bits per heavy atom. The first-order valence-corrected chi connectivity index (χ1v) is 7.46. The summed E-state index contributed by atoms with van der Waals surface area (Å²) in [6, 6.07) is 7.53. The van der Waals surface area contributed by atoms with Gasteiger partial charge in [0.1, 0.15) is 5.75 Å². The average molecular weight is 362 g/mol. The van der Waals surface area contributed by atoms with E-state index in [-0.39, 0.29) is 10.7 Å². The van der Waals surface area contributed by atoms with Crippen LogP contribution in [0, 0.1) is 0 Å². The molecule has 1 aliphatic heterocycles. The molecule has 1 aromatic carbocycles. The maximum atomic E-state index is 9.87. The number of hydrogen-bond donors (Lipinski definition) is 2. The summed E-state index contributed by atoms with van der Waals surface area (Å²) in [4.78, 5) is 4.63. The molecule has 1 heterocycles. The van der Waals surface area contributed by atoms with Crippen molar-refractivity contribution in [2.75, 3.05) is 39.3 Å². The number of piperazine rings is 1. The van der Waals surface area contributed by atoms with Gasteiger partial charge < -0.3 is 10.2 Å². The first kappa shape index (κ1) is 14.0. The van der Waals surface area contributed by atoms with Gasteiger partial charge in [-0.15, -0.1) is 0 Å². The molecule has 1 saturated heterocycles. The summed E-state index contributed by atoms with van der Waals surface area (Å²) in [6.45, 7) is 4.90. The second-order valence-corrected chi connectivity index (χ2v) is 5.68. The van der Waals surface area contributed by atoms with Crippen LogP contribution in [0.15, 0.2) is 24.3 Å². The Kier molecular flexibility index (Phi) is 5.23. The average Bonchev–Trinajstić information content (AvgIpc) is 2.40. The van der Waals surface area contributed by atoms with Crippen molar-refractivity contribution < 1.29 is 10.2 Å². The number of benzene rings is 1. The first-order valence-electron chi connectivity index (χ1n) is 6.21. The largest absolute Gasteiger partial charge is 0.508 e. The third-order valence-corrected chi connectivity index (χ3v) is 4.80. The van der Waals surface area contributed by atoms with Crippen molar-refractivity contribution in [2.45, 2.75) is 4.05 Å². The molecule has 1 aliphatic rings. The molecule has 0 amide bonds. The van der Waals surface area contributed by atoms with Gasteiger partial charge in [0.2, 0.25) is 0 Å². The number of hydrogen-bond acceptors (Lipinski definition) is 4. The lowest BCUT2D eigenvalue weighted by Crippen LogP contribution is -2.47. The molecule has 2 N–H and O–H groups in total. The SMILES string of the molecule is OCCN1CCN(C(I)c2ccccc2O)CC1. The number of para-hydroxylation sites is 1. The fourth-order valence-electron chi connectivity index (χ4n) is 2.24. The number of phenolic OH excluding ortho intramolecular Hbond substituents is 1. The molecule has 0 aliphatic carbocycles. The Morgan fingerprint density at radius 3 is 2.44 bits per heavy atom. The van der Waals surface area contributed by atoms with Gasteiger partial charge in [0, 0.05) is 38.3 Å². The predicted molar refractivity (Wildman–Crippen MR) is 80.0 cm³/mol. The van der Waals surface area contributed by atoms with E-state index in [0.717, 1.165) is 38.3 Å². The number of halogens is 1. The summed E-state index contributed by atoms with van der Waals surface area (Å²) < 4.78 is 0.208. The Morgan fingerprint density at radius 1 is 1.17 bits per heavy atom. The lowest BCUT2D eigenvalue weighted by Gasteiger charge is -2.37. The Balaban J connectivity index is 1.95. The van der Waals surface area contributed by atoms with Crippen LogP contribution >= 0.6 is 22.6 Å². The van der Waals surface area contributed by atoms with Crippen LogP contribution in [0.25, 0.3) is 0 Å². The van der Waals surface area contributed by atoms with E-state index in [9.17, 15) is 5.11 Å². The smallest absolute Gasteiger partial charge is 0.121 e. The van der Waals surface area contributed by atoms with E-state index >= 15 is 0 Å². The van der Waals surface area contributed by atoms with Gasteiger partial charge in [0.05, 0.1) is 10.7 Å². The number of aliphatic hydroxyl groups excluding tert-OH is 1. The third-order valence-electron chi connectivity index (χ3n) is 3.34. The molecule has 5 heteroatoms. The van der Waals surface area contributed by atoms with E-state index in [1.807, 2.05) is 18.2 Å². The van der Waals surface area contributed by atoms with Gasteiger partial charge in [-0.25, -0.2) is 0 Å². The van der Waals surface area contributed by atoms with Crippen LogP contribution in [0.3, 0.4) is 0 Å². The van der Waals surface area contributed by atoms with Crippen molar-refractivity contribution in [3.63, 3.8) is 0 Å². The zero-order valence-electron chi connectivity index (χ0n) is 10.3.